The second-order valence-corrected chi connectivity index (χ2v) is 5.91. The van der Waals surface area contributed by atoms with Crippen LogP contribution in [0.25, 0.3) is 0 Å². The predicted molar refractivity (Wildman–Crippen MR) is 74.6 cm³/mol. The van der Waals surface area contributed by atoms with Gasteiger partial charge in [0.25, 0.3) is 0 Å². The SMILES string of the molecule is CN(C)C(CNC1CCNCC1)c1cccs1. The molecule has 1 saturated heterocycles. The lowest BCUT2D eigenvalue weighted by Crippen LogP contribution is -2.43. The van der Waals surface area contributed by atoms with Gasteiger partial charge in [0.15, 0.2) is 0 Å². The highest BCUT2D eigenvalue weighted by Crippen LogP contribution is 2.22. The fourth-order valence-electron chi connectivity index (χ4n) is 2.32. The summed E-state index contributed by atoms with van der Waals surface area (Å²) in [6, 6.07) is 5.57. The lowest BCUT2D eigenvalue weighted by atomic mass is 10.1. The first kappa shape index (κ1) is 13.0. The molecule has 1 aromatic rings. The van der Waals surface area contributed by atoms with Crippen LogP contribution >= 0.6 is 11.3 Å². The Bertz CT molecular complexity index is 304. The summed E-state index contributed by atoms with van der Waals surface area (Å²) in [5, 5.41) is 9.28. The second-order valence-electron chi connectivity index (χ2n) is 4.93. The zero-order valence-electron chi connectivity index (χ0n) is 10.8. The molecule has 3 nitrogen and oxygen atoms in total. The second kappa shape index (κ2) is 6.50. The molecule has 96 valence electrons. The molecule has 0 radical (unpaired) electrons. The number of nitrogens with one attached hydrogen (secondary N) is 2. The molecular formula is C13H23N3S. The van der Waals surface area contributed by atoms with Gasteiger partial charge in [-0.25, -0.2) is 0 Å². The van der Waals surface area contributed by atoms with Crippen molar-refractivity contribution in [2.75, 3.05) is 33.7 Å². The molecule has 0 aromatic carbocycles. The molecule has 1 aliphatic heterocycles. The first-order chi connectivity index (χ1) is 8.27. The highest BCUT2D eigenvalue weighted by atomic mass is 32.1. The van der Waals surface area contributed by atoms with Crippen molar-refractivity contribution in [3.63, 3.8) is 0 Å². The van der Waals surface area contributed by atoms with Crippen LogP contribution in [0.5, 0.6) is 0 Å². The standard InChI is InChI=1S/C13H23N3S/c1-16(2)12(13-4-3-9-17-13)10-15-11-5-7-14-8-6-11/h3-4,9,11-12,14-15H,5-8,10H2,1-2H3. The Morgan fingerprint density at radius 3 is 2.82 bits per heavy atom. The van der Waals surface area contributed by atoms with Crippen LogP contribution in [0.4, 0.5) is 0 Å². The quantitative estimate of drug-likeness (QED) is 0.836. The van der Waals surface area contributed by atoms with Crippen LogP contribution in [0.1, 0.15) is 23.8 Å². The molecule has 1 fully saturated rings. The Kier molecular flexibility index (Phi) is 4.98. The topological polar surface area (TPSA) is 27.3 Å². The summed E-state index contributed by atoms with van der Waals surface area (Å²) >= 11 is 1.85. The van der Waals surface area contributed by atoms with Crippen LogP contribution in [0.3, 0.4) is 0 Å². The smallest absolute Gasteiger partial charge is 0.0561 e. The minimum absolute atomic E-state index is 0.505. The molecule has 4 heteroatoms. The Hall–Kier alpha value is -0.420. The largest absolute Gasteiger partial charge is 0.317 e. The summed E-state index contributed by atoms with van der Waals surface area (Å²) < 4.78 is 0. The average molecular weight is 253 g/mol. The fourth-order valence-corrected chi connectivity index (χ4v) is 3.25. The van der Waals surface area contributed by atoms with E-state index in [1.54, 1.807) is 0 Å². The summed E-state index contributed by atoms with van der Waals surface area (Å²) in [5.41, 5.74) is 0. The van der Waals surface area contributed by atoms with Gasteiger partial charge in [-0.05, 0) is 51.5 Å². The lowest BCUT2D eigenvalue weighted by Gasteiger charge is -2.29. The zero-order chi connectivity index (χ0) is 12.1. The van der Waals surface area contributed by atoms with Gasteiger partial charge in [-0.1, -0.05) is 6.07 Å². The maximum absolute atomic E-state index is 3.72. The van der Waals surface area contributed by atoms with Gasteiger partial charge in [0.05, 0.1) is 6.04 Å². The van der Waals surface area contributed by atoms with Gasteiger partial charge in [-0.2, -0.15) is 0 Å². The summed E-state index contributed by atoms with van der Waals surface area (Å²) in [6.07, 6.45) is 2.51. The normalized spacial score (nSPS) is 19.7. The molecule has 1 atom stereocenters. The average Bonchev–Trinajstić information content (AvgIpc) is 2.84. The Labute approximate surface area is 108 Å². The van der Waals surface area contributed by atoms with Gasteiger partial charge in [0.2, 0.25) is 0 Å². The van der Waals surface area contributed by atoms with E-state index in [2.05, 4.69) is 47.1 Å². The summed E-state index contributed by atoms with van der Waals surface area (Å²) in [5.74, 6) is 0. The van der Waals surface area contributed by atoms with Gasteiger partial charge in [0.1, 0.15) is 0 Å². The molecule has 1 aromatic heterocycles. The summed E-state index contributed by atoms with van der Waals surface area (Å²) in [7, 11) is 4.32. The van der Waals surface area contributed by atoms with E-state index in [0.717, 1.165) is 19.6 Å². The fraction of sp³-hybridized carbons (Fsp3) is 0.692. The van der Waals surface area contributed by atoms with E-state index in [9.17, 15) is 0 Å². The van der Waals surface area contributed by atoms with E-state index < -0.39 is 0 Å². The number of nitrogens with zero attached hydrogens (tertiary/aromatic N) is 1. The van der Waals surface area contributed by atoms with Crippen molar-refractivity contribution in [3.05, 3.63) is 22.4 Å². The monoisotopic (exact) mass is 253 g/mol. The van der Waals surface area contributed by atoms with Crippen molar-refractivity contribution in [3.8, 4) is 0 Å². The number of piperidine rings is 1. The summed E-state index contributed by atoms with van der Waals surface area (Å²) in [6.45, 7) is 3.37. The molecule has 0 aliphatic carbocycles. The third kappa shape index (κ3) is 3.78. The van der Waals surface area contributed by atoms with E-state index in [1.165, 1.54) is 17.7 Å². The van der Waals surface area contributed by atoms with E-state index in [-0.39, 0.29) is 0 Å². The molecular weight excluding hydrogens is 230 g/mol. The minimum atomic E-state index is 0.505. The maximum Gasteiger partial charge on any atom is 0.0561 e. The van der Waals surface area contributed by atoms with Crippen molar-refractivity contribution in [2.45, 2.75) is 24.9 Å². The van der Waals surface area contributed by atoms with Gasteiger partial charge < -0.3 is 15.5 Å². The minimum Gasteiger partial charge on any atom is -0.317 e. The Morgan fingerprint density at radius 1 is 1.47 bits per heavy atom. The highest BCUT2D eigenvalue weighted by molar-refractivity contribution is 7.10. The third-order valence-electron chi connectivity index (χ3n) is 3.43. The number of rotatable bonds is 5. The van der Waals surface area contributed by atoms with Crippen LogP contribution in [0, 0.1) is 0 Å². The van der Waals surface area contributed by atoms with Crippen molar-refractivity contribution < 1.29 is 0 Å². The van der Waals surface area contributed by atoms with Gasteiger partial charge in [0, 0.05) is 17.5 Å². The third-order valence-corrected chi connectivity index (χ3v) is 4.41. The van der Waals surface area contributed by atoms with Crippen LogP contribution in [-0.4, -0.2) is 44.7 Å². The lowest BCUT2D eigenvalue weighted by molar-refractivity contribution is 0.271. The molecule has 2 heterocycles. The van der Waals surface area contributed by atoms with Crippen LogP contribution in [0.2, 0.25) is 0 Å². The number of likely N-dealkylation sites (N-methyl/N-ethyl adjacent to an activating group) is 1. The Morgan fingerprint density at radius 2 is 2.24 bits per heavy atom. The van der Waals surface area contributed by atoms with E-state index in [0.29, 0.717) is 12.1 Å². The number of hydrogen-bond donors (Lipinski definition) is 2. The van der Waals surface area contributed by atoms with Crippen molar-refractivity contribution >= 4 is 11.3 Å². The van der Waals surface area contributed by atoms with E-state index in [4.69, 9.17) is 0 Å². The molecule has 1 aliphatic rings. The zero-order valence-corrected chi connectivity index (χ0v) is 11.6. The molecule has 2 N–H and O–H groups in total. The molecule has 1 unspecified atom stereocenters. The van der Waals surface area contributed by atoms with E-state index in [1.807, 2.05) is 11.3 Å². The molecule has 17 heavy (non-hydrogen) atoms. The molecule has 0 bridgehead atoms. The maximum atomic E-state index is 3.72. The number of hydrogen-bond acceptors (Lipinski definition) is 4. The molecule has 0 amide bonds. The molecule has 0 saturated carbocycles. The van der Waals surface area contributed by atoms with Crippen LogP contribution < -0.4 is 10.6 Å². The first-order valence-electron chi connectivity index (χ1n) is 6.41. The molecule has 2 rings (SSSR count). The Balaban J connectivity index is 1.85. The van der Waals surface area contributed by atoms with Crippen molar-refractivity contribution in [2.24, 2.45) is 0 Å². The highest BCUT2D eigenvalue weighted by Gasteiger charge is 2.18. The van der Waals surface area contributed by atoms with Gasteiger partial charge in [-0.15, -0.1) is 11.3 Å². The van der Waals surface area contributed by atoms with E-state index >= 15 is 0 Å². The molecule has 0 spiro atoms. The van der Waals surface area contributed by atoms with Crippen molar-refractivity contribution in [1.29, 1.82) is 0 Å². The first-order valence-corrected chi connectivity index (χ1v) is 7.29. The number of thiophene rings is 1. The van der Waals surface area contributed by atoms with Gasteiger partial charge >= 0.3 is 0 Å². The van der Waals surface area contributed by atoms with Crippen LogP contribution in [-0.2, 0) is 0 Å². The summed E-state index contributed by atoms with van der Waals surface area (Å²) in [4.78, 5) is 3.76. The van der Waals surface area contributed by atoms with Gasteiger partial charge in [-0.3, -0.25) is 0 Å². The predicted octanol–water partition coefficient (Wildman–Crippen LogP) is 1.69. The van der Waals surface area contributed by atoms with Crippen molar-refractivity contribution in [1.82, 2.24) is 15.5 Å². The van der Waals surface area contributed by atoms with Crippen LogP contribution in [0.15, 0.2) is 17.5 Å².